The van der Waals surface area contributed by atoms with E-state index < -0.39 is 10.0 Å². The number of halogens is 1. The van der Waals surface area contributed by atoms with E-state index in [0.29, 0.717) is 12.5 Å². The molecule has 1 saturated heterocycles. The normalized spacial score (nSPS) is 22.1. The van der Waals surface area contributed by atoms with Crippen molar-refractivity contribution in [2.24, 2.45) is 5.92 Å². The molecule has 118 valence electrons. The minimum atomic E-state index is -3.14. The zero-order valence-corrected chi connectivity index (χ0v) is 13.4. The first-order valence-corrected chi connectivity index (χ1v) is 9.18. The molecule has 0 bridgehead atoms. The van der Waals surface area contributed by atoms with Crippen molar-refractivity contribution in [2.75, 3.05) is 25.9 Å². The van der Waals surface area contributed by atoms with E-state index in [1.54, 1.807) is 12.1 Å². The third-order valence-corrected chi connectivity index (χ3v) is 4.75. The van der Waals surface area contributed by atoms with Gasteiger partial charge in [-0.25, -0.2) is 17.5 Å². The van der Waals surface area contributed by atoms with Crippen LogP contribution < -0.4 is 4.72 Å². The van der Waals surface area contributed by atoms with Crippen molar-refractivity contribution in [1.29, 1.82) is 0 Å². The molecule has 1 aromatic rings. The molecule has 1 aromatic carbocycles. The van der Waals surface area contributed by atoms with Gasteiger partial charge >= 0.3 is 0 Å². The Morgan fingerprint density at radius 3 is 2.90 bits per heavy atom. The second-order valence-corrected chi connectivity index (χ2v) is 7.69. The van der Waals surface area contributed by atoms with Crippen LogP contribution in [0.4, 0.5) is 4.39 Å². The van der Waals surface area contributed by atoms with E-state index in [0.717, 1.165) is 31.5 Å². The maximum atomic E-state index is 13.3. The van der Waals surface area contributed by atoms with Crippen LogP contribution in [0.5, 0.6) is 0 Å². The van der Waals surface area contributed by atoms with Crippen LogP contribution >= 0.6 is 0 Å². The minimum Gasteiger partial charge on any atom is -0.296 e. The topological polar surface area (TPSA) is 49.4 Å². The molecule has 0 aromatic heterocycles. The maximum Gasteiger partial charge on any atom is 0.208 e. The highest BCUT2D eigenvalue weighted by atomic mass is 32.2. The van der Waals surface area contributed by atoms with E-state index in [1.807, 2.05) is 6.07 Å². The number of piperidine rings is 1. The van der Waals surface area contributed by atoms with Crippen molar-refractivity contribution >= 4 is 10.0 Å². The molecule has 1 fully saturated rings. The molecule has 6 heteroatoms. The lowest BCUT2D eigenvalue weighted by molar-refractivity contribution is 0.133. The predicted molar refractivity (Wildman–Crippen MR) is 82.0 cm³/mol. The number of likely N-dealkylation sites (tertiary alicyclic amines) is 1. The Balaban J connectivity index is 1.97. The zero-order chi connectivity index (χ0) is 15.5. The second-order valence-electron chi connectivity index (χ2n) is 5.85. The fraction of sp³-hybridized carbons (Fsp3) is 0.600. The molecule has 1 aliphatic heterocycles. The molecule has 2 atom stereocenters. The summed E-state index contributed by atoms with van der Waals surface area (Å²) in [6.07, 6.45) is 3.24. The lowest BCUT2D eigenvalue weighted by Crippen LogP contribution is -2.41. The third kappa shape index (κ3) is 5.05. The lowest BCUT2D eigenvalue weighted by atomic mass is 9.95. The summed E-state index contributed by atoms with van der Waals surface area (Å²) in [5, 5.41) is 0. The summed E-state index contributed by atoms with van der Waals surface area (Å²) in [5.74, 6) is 0.0936. The number of rotatable bonds is 5. The predicted octanol–water partition coefficient (Wildman–Crippen LogP) is 2.15. The first kappa shape index (κ1) is 16.4. The smallest absolute Gasteiger partial charge is 0.208 e. The molecule has 4 nitrogen and oxygen atoms in total. The van der Waals surface area contributed by atoms with Crippen molar-refractivity contribution in [3.8, 4) is 0 Å². The maximum absolute atomic E-state index is 13.3. The molecule has 0 radical (unpaired) electrons. The summed E-state index contributed by atoms with van der Waals surface area (Å²) in [6.45, 7) is 4.35. The number of hydrogen-bond donors (Lipinski definition) is 1. The Morgan fingerprint density at radius 1 is 1.48 bits per heavy atom. The highest BCUT2D eigenvalue weighted by molar-refractivity contribution is 7.88. The summed E-state index contributed by atoms with van der Waals surface area (Å²) in [6, 6.07) is 6.83. The van der Waals surface area contributed by atoms with Crippen molar-refractivity contribution in [2.45, 2.75) is 25.8 Å². The molecule has 2 rings (SSSR count). The Morgan fingerprint density at radius 2 is 2.24 bits per heavy atom. The third-order valence-electron chi connectivity index (χ3n) is 4.06. The Hall–Kier alpha value is -0.980. The van der Waals surface area contributed by atoms with Gasteiger partial charge in [0.2, 0.25) is 10.0 Å². The summed E-state index contributed by atoms with van der Waals surface area (Å²) in [5.41, 5.74) is 0.965. The number of benzene rings is 1. The van der Waals surface area contributed by atoms with Crippen molar-refractivity contribution in [3.05, 3.63) is 35.6 Å². The van der Waals surface area contributed by atoms with Crippen molar-refractivity contribution in [1.82, 2.24) is 9.62 Å². The largest absolute Gasteiger partial charge is 0.296 e. The average molecular weight is 314 g/mol. The lowest BCUT2D eigenvalue weighted by Gasteiger charge is -2.37. The Labute approximate surface area is 126 Å². The molecule has 1 aliphatic rings. The fourth-order valence-electron chi connectivity index (χ4n) is 2.86. The van der Waals surface area contributed by atoms with Gasteiger partial charge in [-0.05, 0) is 49.9 Å². The van der Waals surface area contributed by atoms with Gasteiger partial charge in [-0.15, -0.1) is 0 Å². The van der Waals surface area contributed by atoms with Gasteiger partial charge in [0.25, 0.3) is 0 Å². The van der Waals surface area contributed by atoms with E-state index in [1.165, 1.54) is 12.3 Å². The van der Waals surface area contributed by atoms with Gasteiger partial charge in [0.1, 0.15) is 5.82 Å². The van der Waals surface area contributed by atoms with Gasteiger partial charge in [0.15, 0.2) is 0 Å². The van der Waals surface area contributed by atoms with Gasteiger partial charge in [-0.1, -0.05) is 12.1 Å². The molecular weight excluding hydrogens is 291 g/mol. The monoisotopic (exact) mass is 314 g/mol. The summed E-state index contributed by atoms with van der Waals surface area (Å²) < 4.78 is 38.3. The van der Waals surface area contributed by atoms with Crippen molar-refractivity contribution < 1.29 is 12.8 Å². The van der Waals surface area contributed by atoms with E-state index in [-0.39, 0.29) is 11.9 Å². The van der Waals surface area contributed by atoms with Crippen LogP contribution in [0.3, 0.4) is 0 Å². The zero-order valence-electron chi connectivity index (χ0n) is 12.5. The standard InChI is InChI=1S/C15H23FN2O2S/c1-12(14-6-3-7-15(16)9-14)18-8-4-5-13(11-18)10-17-21(2,19)20/h3,6-7,9,12-13,17H,4-5,8,10-11H2,1-2H3/t12-,13-/m1/s1. The van der Waals surface area contributed by atoms with Crippen LogP contribution in [0.2, 0.25) is 0 Å². The summed E-state index contributed by atoms with van der Waals surface area (Å²) in [7, 11) is -3.14. The van der Waals surface area contributed by atoms with Crippen molar-refractivity contribution in [3.63, 3.8) is 0 Å². The molecule has 0 saturated carbocycles. The van der Waals surface area contributed by atoms with Crippen LogP contribution in [0.15, 0.2) is 24.3 Å². The average Bonchev–Trinajstić information content (AvgIpc) is 2.44. The molecular formula is C15H23FN2O2S. The number of nitrogens with one attached hydrogen (secondary N) is 1. The van der Waals surface area contributed by atoms with Crippen LogP contribution in [-0.4, -0.2) is 39.2 Å². The molecule has 0 spiro atoms. The van der Waals surface area contributed by atoms with Crippen LogP contribution in [0.1, 0.15) is 31.4 Å². The quantitative estimate of drug-likeness (QED) is 0.906. The number of hydrogen-bond acceptors (Lipinski definition) is 3. The highest BCUT2D eigenvalue weighted by Crippen LogP contribution is 2.26. The fourth-order valence-corrected chi connectivity index (χ4v) is 3.40. The first-order valence-electron chi connectivity index (χ1n) is 7.29. The van der Waals surface area contributed by atoms with E-state index in [4.69, 9.17) is 0 Å². The molecule has 1 N–H and O–H groups in total. The number of sulfonamides is 1. The van der Waals surface area contributed by atoms with Crippen LogP contribution in [0.25, 0.3) is 0 Å². The Bertz CT molecular complexity index is 577. The molecule has 0 amide bonds. The number of nitrogens with zero attached hydrogens (tertiary/aromatic N) is 1. The van der Waals surface area contributed by atoms with Gasteiger partial charge in [-0.2, -0.15) is 0 Å². The van der Waals surface area contributed by atoms with Crippen LogP contribution in [0, 0.1) is 11.7 Å². The van der Waals surface area contributed by atoms with Gasteiger partial charge < -0.3 is 0 Å². The van der Waals surface area contributed by atoms with E-state index >= 15 is 0 Å². The van der Waals surface area contributed by atoms with E-state index in [9.17, 15) is 12.8 Å². The summed E-state index contributed by atoms with van der Waals surface area (Å²) in [4.78, 5) is 2.30. The first-order chi connectivity index (χ1) is 9.85. The minimum absolute atomic E-state index is 0.140. The van der Waals surface area contributed by atoms with Gasteiger partial charge in [0, 0.05) is 19.1 Å². The van der Waals surface area contributed by atoms with Crippen LogP contribution in [-0.2, 0) is 10.0 Å². The molecule has 1 heterocycles. The molecule has 0 aliphatic carbocycles. The Kier molecular flexibility index (Phi) is 5.35. The second kappa shape index (κ2) is 6.85. The highest BCUT2D eigenvalue weighted by Gasteiger charge is 2.25. The van der Waals surface area contributed by atoms with Gasteiger partial charge in [0.05, 0.1) is 6.26 Å². The van der Waals surface area contributed by atoms with E-state index in [2.05, 4.69) is 16.5 Å². The molecule has 0 unspecified atom stereocenters. The SMILES string of the molecule is C[C@H](c1cccc(F)c1)N1CCC[C@H](CNS(C)(=O)=O)C1. The van der Waals surface area contributed by atoms with Gasteiger partial charge in [-0.3, -0.25) is 4.90 Å². The molecule has 21 heavy (non-hydrogen) atoms. The summed E-state index contributed by atoms with van der Waals surface area (Å²) >= 11 is 0.